The molecule has 19 heavy (non-hydrogen) atoms. The summed E-state index contributed by atoms with van der Waals surface area (Å²) < 4.78 is 0. The fourth-order valence-electron chi connectivity index (χ4n) is 1.48. The van der Waals surface area contributed by atoms with E-state index in [2.05, 4.69) is 5.32 Å². The number of hydrogen-bond acceptors (Lipinski definition) is 4. The van der Waals surface area contributed by atoms with Gasteiger partial charge in [-0.2, -0.15) is 0 Å². The first-order valence-corrected chi connectivity index (χ1v) is 5.41. The molecular formula is C13H10N2O4. The van der Waals surface area contributed by atoms with Crippen molar-refractivity contribution in [3.05, 3.63) is 64.2 Å². The third-order valence-electron chi connectivity index (χ3n) is 2.47. The summed E-state index contributed by atoms with van der Waals surface area (Å²) in [6.45, 7) is 0. The summed E-state index contributed by atoms with van der Waals surface area (Å²) in [6.07, 6.45) is 0. The van der Waals surface area contributed by atoms with E-state index in [-0.39, 0.29) is 17.3 Å². The van der Waals surface area contributed by atoms with Crippen LogP contribution in [0.15, 0.2) is 48.5 Å². The van der Waals surface area contributed by atoms with Crippen LogP contribution in [-0.4, -0.2) is 15.9 Å². The first kappa shape index (κ1) is 12.6. The second-order valence-corrected chi connectivity index (χ2v) is 3.80. The second-order valence-electron chi connectivity index (χ2n) is 3.80. The molecular weight excluding hydrogens is 248 g/mol. The highest BCUT2D eigenvalue weighted by atomic mass is 16.6. The van der Waals surface area contributed by atoms with E-state index in [1.54, 1.807) is 0 Å². The van der Waals surface area contributed by atoms with Crippen molar-refractivity contribution in [2.45, 2.75) is 0 Å². The van der Waals surface area contributed by atoms with E-state index >= 15 is 0 Å². The van der Waals surface area contributed by atoms with E-state index in [0.29, 0.717) is 11.3 Å². The molecule has 0 heterocycles. The maximum atomic E-state index is 11.8. The van der Waals surface area contributed by atoms with Crippen LogP contribution in [0.3, 0.4) is 0 Å². The van der Waals surface area contributed by atoms with Crippen molar-refractivity contribution in [3.8, 4) is 5.75 Å². The fourth-order valence-corrected chi connectivity index (χ4v) is 1.48. The molecule has 0 saturated heterocycles. The summed E-state index contributed by atoms with van der Waals surface area (Å²) >= 11 is 0. The standard InChI is InChI=1S/C13H10N2O4/c16-12-7-1-9(2-8-12)13(17)14-10-3-5-11(6-4-10)15(18)19/h1-8,16H,(H,14,17). The minimum atomic E-state index is -0.508. The predicted octanol–water partition coefficient (Wildman–Crippen LogP) is 2.55. The number of nitrogens with zero attached hydrogens (tertiary/aromatic N) is 1. The number of benzene rings is 2. The van der Waals surface area contributed by atoms with Crippen molar-refractivity contribution in [2.75, 3.05) is 5.32 Å². The SMILES string of the molecule is O=C(Nc1ccc([N+](=O)[O-])cc1)c1ccc(O)cc1. The summed E-state index contributed by atoms with van der Waals surface area (Å²) in [7, 11) is 0. The van der Waals surface area contributed by atoms with Gasteiger partial charge in [-0.05, 0) is 36.4 Å². The number of aromatic hydroxyl groups is 1. The molecule has 0 radical (unpaired) electrons. The molecule has 0 atom stereocenters. The molecule has 2 aromatic rings. The van der Waals surface area contributed by atoms with Crippen LogP contribution in [0.1, 0.15) is 10.4 Å². The summed E-state index contributed by atoms with van der Waals surface area (Å²) in [5.41, 5.74) is 0.808. The zero-order chi connectivity index (χ0) is 13.8. The average molecular weight is 258 g/mol. The topological polar surface area (TPSA) is 92.5 Å². The Morgan fingerprint density at radius 2 is 1.63 bits per heavy atom. The lowest BCUT2D eigenvalue weighted by Crippen LogP contribution is -2.11. The number of carbonyl (C=O) groups is 1. The third kappa shape index (κ3) is 3.06. The molecule has 1 amide bonds. The summed E-state index contributed by atoms with van der Waals surface area (Å²) in [5, 5.41) is 22.2. The molecule has 0 saturated carbocycles. The van der Waals surface area contributed by atoms with Gasteiger partial charge in [0, 0.05) is 23.4 Å². The number of nitrogens with one attached hydrogen (secondary N) is 1. The number of amides is 1. The van der Waals surface area contributed by atoms with E-state index in [4.69, 9.17) is 5.11 Å². The highest BCUT2D eigenvalue weighted by molar-refractivity contribution is 6.04. The second kappa shape index (κ2) is 5.18. The largest absolute Gasteiger partial charge is 0.508 e. The molecule has 6 nitrogen and oxygen atoms in total. The van der Waals surface area contributed by atoms with Crippen molar-refractivity contribution < 1.29 is 14.8 Å². The Labute approximate surface area is 108 Å². The van der Waals surface area contributed by atoms with E-state index in [0.717, 1.165) is 0 Å². The third-order valence-corrected chi connectivity index (χ3v) is 2.47. The molecule has 0 bridgehead atoms. The van der Waals surface area contributed by atoms with Gasteiger partial charge in [0.05, 0.1) is 4.92 Å². The fraction of sp³-hybridized carbons (Fsp3) is 0. The lowest BCUT2D eigenvalue weighted by molar-refractivity contribution is -0.384. The van der Waals surface area contributed by atoms with Crippen molar-refractivity contribution in [3.63, 3.8) is 0 Å². The normalized spacial score (nSPS) is 9.89. The first-order valence-electron chi connectivity index (χ1n) is 5.41. The van der Waals surface area contributed by atoms with Gasteiger partial charge in [0.25, 0.3) is 11.6 Å². The van der Waals surface area contributed by atoms with E-state index in [9.17, 15) is 14.9 Å². The molecule has 0 unspecified atom stereocenters. The molecule has 96 valence electrons. The number of rotatable bonds is 3. The van der Waals surface area contributed by atoms with Gasteiger partial charge in [-0.25, -0.2) is 0 Å². The molecule has 0 aliphatic carbocycles. The molecule has 2 rings (SSSR count). The van der Waals surface area contributed by atoms with Crippen molar-refractivity contribution in [1.82, 2.24) is 0 Å². The Balaban J connectivity index is 2.10. The van der Waals surface area contributed by atoms with Gasteiger partial charge in [-0.3, -0.25) is 14.9 Å². The van der Waals surface area contributed by atoms with Crippen LogP contribution in [0.4, 0.5) is 11.4 Å². The van der Waals surface area contributed by atoms with Crippen LogP contribution in [0.5, 0.6) is 5.75 Å². The number of nitro benzene ring substituents is 1. The number of nitro groups is 1. The van der Waals surface area contributed by atoms with E-state index in [1.807, 2.05) is 0 Å². The molecule has 0 aliphatic heterocycles. The van der Waals surface area contributed by atoms with Gasteiger partial charge < -0.3 is 10.4 Å². The number of phenols is 1. The van der Waals surface area contributed by atoms with Crippen molar-refractivity contribution in [2.24, 2.45) is 0 Å². The molecule has 0 spiro atoms. The van der Waals surface area contributed by atoms with E-state index < -0.39 is 4.92 Å². The van der Waals surface area contributed by atoms with Crippen LogP contribution in [0, 0.1) is 10.1 Å². The summed E-state index contributed by atoms with van der Waals surface area (Å²) in [4.78, 5) is 21.8. The molecule has 6 heteroatoms. The van der Waals surface area contributed by atoms with Crippen LogP contribution in [0.2, 0.25) is 0 Å². The molecule has 2 aromatic carbocycles. The number of non-ortho nitro benzene ring substituents is 1. The Morgan fingerprint density at radius 1 is 1.05 bits per heavy atom. The van der Waals surface area contributed by atoms with Gasteiger partial charge in [0.2, 0.25) is 0 Å². The minimum absolute atomic E-state index is 0.0392. The number of carbonyl (C=O) groups excluding carboxylic acids is 1. The van der Waals surface area contributed by atoms with Gasteiger partial charge in [0.15, 0.2) is 0 Å². The first-order chi connectivity index (χ1) is 9.06. The molecule has 2 N–H and O–H groups in total. The van der Waals surface area contributed by atoms with E-state index in [1.165, 1.54) is 48.5 Å². The highest BCUT2D eigenvalue weighted by Crippen LogP contribution is 2.17. The lowest BCUT2D eigenvalue weighted by Gasteiger charge is -2.05. The van der Waals surface area contributed by atoms with Crippen LogP contribution >= 0.6 is 0 Å². The van der Waals surface area contributed by atoms with Gasteiger partial charge >= 0.3 is 0 Å². The Hall–Kier alpha value is -2.89. The van der Waals surface area contributed by atoms with Crippen LogP contribution in [-0.2, 0) is 0 Å². The molecule has 0 fully saturated rings. The maximum Gasteiger partial charge on any atom is 0.269 e. The van der Waals surface area contributed by atoms with Gasteiger partial charge in [-0.1, -0.05) is 0 Å². The molecule has 0 aromatic heterocycles. The van der Waals surface area contributed by atoms with Gasteiger partial charge in [0.1, 0.15) is 5.75 Å². The maximum absolute atomic E-state index is 11.8. The monoisotopic (exact) mass is 258 g/mol. The number of phenolic OH excluding ortho intramolecular Hbond substituents is 1. The number of hydrogen-bond donors (Lipinski definition) is 2. The minimum Gasteiger partial charge on any atom is -0.508 e. The summed E-state index contributed by atoms with van der Waals surface area (Å²) in [5.74, 6) is -0.277. The van der Waals surface area contributed by atoms with Gasteiger partial charge in [-0.15, -0.1) is 0 Å². The van der Waals surface area contributed by atoms with Crippen molar-refractivity contribution >= 4 is 17.3 Å². The zero-order valence-electron chi connectivity index (χ0n) is 9.74. The van der Waals surface area contributed by atoms with Crippen LogP contribution < -0.4 is 5.32 Å². The van der Waals surface area contributed by atoms with Crippen LogP contribution in [0.25, 0.3) is 0 Å². The molecule has 0 aliphatic rings. The average Bonchev–Trinajstić information content (AvgIpc) is 2.40. The Morgan fingerprint density at radius 3 is 2.16 bits per heavy atom. The smallest absolute Gasteiger partial charge is 0.269 e. The van der Waals surface area contributed by atoms with Crippen molar-refractivity contribution in [1.29, 1.82) is 0 Å². The lowest BCUT2D eigenvalue weighted by atomic mass is 10.2. The Kier molecular flexibility index (Phi) is 3.42. The number of anilines is 1. The Bertz CT molecular complexity index is 606. The highest BCUT2D eigenvalue weighted by Gasteiger charge is 2.08. The summed E-state index contributed by atoms with van der Waals surface area (Å²) in [6, 6.07) is 11.3. The quantitative estimate of drug-likeness (QED) is 0.653. The predicted molar refractivity (Wildman–Crippen MR) is 69.2 cm³/mol. The zero-order valence-corrected chi connectivity index (χ0v) is 9.74.